The summed E-state index contributed by atoms with van der Waals surface area (Å²) in [6.45, 7) is 1.70. The monoisotopic (exact) mass is 340 g/mol. The number of aromatic amines is 1. The van der Waals surface area contributed by atoms with E-state index in [0.717, 1.165) is 24.2 Å². The van der Waals surface area contributed by atoms with Crippen LogP contribution in [0.2, 0.25) is 0 Å². The van der Waals surface area contributed by atoms with Crippen molar-refractivity contribution in [3.8, 4) is 0 Å². The fourth-order valence-corrected chi connectivity index (χ4v) is 3.20. The zero-order chi connectivity index (χ0) is 17.6. The number of likely N-dealkylation sites (tertiary alicyclic amines) is 1. The fourth-order valence-electron chi connectivity index (χ4n) is 3.20. The summed E-state index contributed by atoms with van der Waals surface area (Å²) < 4.78 is 0. The normalized spacial score (nSPS) is 17.2. The highest BCUT2D eigenvalue weighted by molar-refractivity contribution is 5.90. The first kappa shape index (κ1) is 17.1. The van der Waals surface area contributed by atoms with Gasteiger partial charge in [-0.05, 0) is 37.1 Å². The van der Waals surface area contributed by atoms with E-state index in [1.54, 1.807) is 9.80 Å². The summed E-state index contributed by atoms with van der Waals surface area (Å²) in [5.74, 6) is -0.0537. The largest absolute Gasteiger partial charge is 0.364 e. The first-order valence-electron chi connectivity index (χ1n) is 8.61. The van der Waals surface area contributed by atoms with Crippen LogP contribution in [-0.2, 0) is 11.3 Å². The molecular weight excluding hydrogens is 316 g/mol. The molecule has 0 aliphatic carbocycles. The van der Waals surface area contributed by atoms with Gasteiger partial charge in [-0.25, -0.2) is 4.79 Å². The number of H-pyrrole nitrogens is 1. The molecule has 2 heterocycles. The van der Waals surface area contributed by atoms with Crippen LogP contribution in [0.25, 0.3) is 0 Å². The molecule has 0 bridgehead atoms. The molecule has 0 saturated carbocycles. The van der Waals surface area contributed by atoms with Crippen molar-refractivity contribution >= 4 is 17.6 Å². The lowest BCUT2D eigenvalue weighted by Crippen LogP contribution is -2.47. The molecule has 0 spiro atoms. The Balaban J connectivity index is 1.56. The summed E-state index contributed by atoms with van der Waals surface area (Å²) in [6.07, 6.45) is 3.52. The molecule has 1 aromatic heterocycles. The van der Waals surface area contributed by atoms with E-state index in [1.165, 1.54) is 0 Å². The van der Waals surface area contributed by atoms with E-state index < -0.39 is 0 Å². The second-order valence-electron chi connectivity index (χ2n) is 6.47. The molecule has 1 aliphatic heterocycles. The van der Waals surface area contributed by atoms with Gasteiger partial charge < -0.3 is 20.1 Å². The lowest BCUT2D eigenvalue weighted by molar-refractivity contribution is -0.136. The summed E-state index contributed by atoms with van der Waals surface area (Å²) in [6, 6.07) is 13.1. The zero-order valence-corrected chi connectivity index (χ0v) is 14.4. The summed E-state index contributed by atoms with van der Waals surface area (Å²) in [5, 5.41) is 2.89. The van der Waals surface area contributed by atoms with Gasteiger partial charge in [0.05, 0.1) is 12.5 Å². The standard InChI is InChI=1S/C19H24N4O2/c1-22(14-17-10-5-11-20-17)18(24)15-7-6-12-23(13-15)19(25)21-16-8-3-2-4-9-16/h2-5,8-11,15,20H,6-7,12-14H2,1H3,(H,21,25)/t15-/m1/s1. The number of carbonyl (C=O) groups excluding carboxylic acids is 2. The third-order valence-corrected chi connectivity index (χ3v) is 4.53. The molecule has 6 heteroatoms. The smallest absolute Gasteiger partial charge is 0.321 e. The van der Waals surface area contributed by atoms with Crippen molar-refractivity contribution in [2.24, 2.45) is 5.92 Å². The fraction of sp³-hybridized carbons (Fsp3) is 0.368. The van der Waals surface area contributed by atoms with Gasteiger partial charge in [0.2, 0.25) is 5.91 Å². The number of para-hydroxylation sites is 1. The number of carbonyl (C=O) groups is 2. The van der Waals surface area contributed by atoms with Crippen molar-refractivity contribution in [1.82, 2.24) is 14.8 Å². The van der Waals surface area contributed by atoms with Crippen molar-refractivity contribution in [2.75, 3.05) is 25.5 Å². The van der Waals surface area contributed by atoms with Crippen molar-refractivity contribution in [3.63, 3.8) is 0 Å². The van der Waals surface area contributed by atoms with Crippen LogP contribution in [0.3, 0.4) is 0 Å². The lowest BCUT2D eigenvalue weighted by Gasteiger charge is -2.34. The van der Waals surface area contributed by atoms with E-state index in [9.17, 15) is 9.59 Å². The topological polar surface area (TPSA) is 68.4 Å². The van der Waals surface area contributed by atoms with Crippen molar-refractivity contribution in [1.29, 1.82) is 0 Å². The van der Waals surface area contributed by atoms with Crippen molar-refractivity contribution in [3.05, 3.63) is 54.4 Å². The average molecular weight is 340 g/mol. The van der Waals surface area contributed by atoms with Crippen LogP contribution in [-0.4, -0.2) is 46.9 Å². The van der Waals surface area contributed by atoms with Gasteiger partial charge in [-0.3, -0.25) is 4.79 Å². The number of nitrogens with zero attached hydrogens (tertiary/aromatic N) is 2. The van der Waals surface area contributed by atoms with E-state index >= 15 is 0 Å². The van der Waals surface area contributed by atoms with Crippen LogP contribution >= 0.6 is 0 Å². The molecular formula is C19H24N4O2. The van der Waals surface area contributed by atoms with Gasteiger partial charge in [-0.15, -0.1) is 0 Å². The molecule has 1 aromatic carbocycles. The van der Waals surface area contributed by atoms with Gasteiger partial charge in [-0.2, -0.15) is 0 Å². The summed E-state index contributed by atoms with van der Waals surface area (Å²) in [7, 11) is 1.81. The van der Waals surface area contributed by atoms with Gasteiger partial charge in [0, 0.05) is 37.7 Å². The molecule has 132 valence electrons. The number of hydrogen-bond donors (Lipinski definition) is 2. The molecule has 1 atom stereocenters. The van der Waals surface area contributed by atoms with E-state index in [-0.39, 0.29) is 17.9 Å². The molecule has 2 aromatic rings. The average Bonchev–Trinajstić information content (AvgIpc) is 3.15. The number of rotatable bonds is 4. The van der Waals surface area contributed by atoms with Crippen LogP contribution in [0, 0.1) is 5.92 Å². The molecule has 3 rings (SSSR count). The lowest BCUT2D eigenvalue weighted by atomic mass is 9.97. The molecule has 6 nitrogen and oxygen atoms in total. The highest BCUT2D eigenvalue weighted by Crippen LogP contribution is 2.20. The molecule has 0 unspecified atom stereocenters. The minimum Gasteiger partial charge on any atom is -0.364 e. The minimum atomic E-state index is -0.143. The minimum absolute atomic E-state index is 0.0896. The Morgan fingerprint density at radius 1 is 1.24 bits per heavy atom. The van der Waals surface area contributed by atoms with Crippen LogP contribution in [0.1, 0.15) is 18.5 Å². The number of piperidine rings is 1. The third kappa shape index (κ3) is 4.41. The van der Waals surface area contributed by atoms with Crippen LogP contribution in [0.15, 0.2) is 48.7 Å². The van der Waals surface area contributed by atoms with Gasteiger partial charge in [0.25, 0.3) is 0 Å². The Bertz CT molecular complexity index is 699. The third-order valence-electron chi connectivity index (χ3n) is 4.53. The van der Waals surface area contributed by atoms with E-state index in [2.05, 4.69) is 10.3 Å². The predicted octanol–water partition coefficient (Wildman–Crippen LogP) is 2.92. The van der Waals surface area contributed by atoms with E-state index in [0.29, 0.717) is 19.6 Å². The van der Waals surface area contributed by atoms with Gasteiger partial charge in [0.15, 0.2) is 0 Å². The number of aromatic nitrogens is 1. The summed E-state index contributed by atoms with van der Waals surface area (Å²) in [4.78, 5) is 31.7. The Morgan fingerprint density at radius 3 is 2.76 bits per heavy atom. The Kier molecular flexibility index (Phi) is 5.38. The SMILES string of the molecule is CN(Cc1ccc[nH]1)C(=O)[C@@H]1CCCN(C(=O)Nc2ccccc2)C1. The van der Waals surface area contributed by atoms with Gasteiger partial charge in [0.1, 0.15) is 0 Å². The first-order chi connectivity index (χ1) is 12.1. The second-order valence-corrected chi connectivity index (χ2v) is 6.47. The number of urea groups is 1. The summed E-state index contributed by atoms with van der Waals surface area (Å²) >= 11 is 0. The Hall–Kier alpha value is -2.76. The number of nitrogens with one attached hydrogen (secondary N) is 2. The van der Waals surface area contributed by atoms with E-state index in [1.807, 2.05) is 55.7 Å². The van der Waals surface area contributed by atoms with Crippen LogP contribution in [0.5, 0.6) is 0 Å². The Labute approximate surface area is 147 Å². The number of benzene rings is 1. The van der Waals surface area contributed by atoms with Crippen LogP contribution < -0.4 is 5.32 Å². The van der Waals surface area contributed by atoms with Crippen LogP contribution in [0.4, 0.5) is 10.5 Å². The van der Waals surface area contributed by atoms with Crippen molar-refractivity contribution in [2.45, 2.75) is 19.4 Å². The number of anilines is 1. The highest BCUT2D eigenvalue weighted by Gasteiger charge is 2.30. The molecule has 1 saturated heterocycles. The molecule has 2 N–H and O–H groups in total. The van der Waals surface area contributed by atoms with Gasteiger partial charge >= 0.3 is 6.03 Å². The number of hydrogen-bond acceptors (Lipinski definition) is 2. The predicted molar refractivity (Wildman–Crippen MR) is 97.0 cm³/mol. The maximum absolute atomic E-state index is 12.7. The molecule has 1 fully saturated rings. The van der Waals surface area contributed by atoms with Crippen molar-refractivity contribution < 1.29 is 9.59 Å². The molecule has 0 radical (unpaired) electrons. The highest BCUT2D eigenvalue weighted by atomic mass is 16.2. The van der Waals surface area contributed by atoms with Gasteiger partial charge in [-0.1, -0.05) is 18.2 Å². The second kappa shape index (κ2) is 7.88. The number of amides is 3. The Morgan fingerprint density at radius 2 is 2.04 bits per heavy atom. The first-order valence-corrected chi connectivity index (χ1v) is 8.61. The maximum atomic E-state index is 12.7. The molecule has 3 amide bonds. The zero-order valence-electron chi connectivity index (χ0n) is 14.4. The van der Waals surface area contributed by atoms with E-state index in [4.69, 9.17) is 0 Å². The molecule has 25 heavy (non-hydrogen) atoms. The maximum Gasteiger partial charge on any atom is 0.321 e. The quantitative estimate of drug-likeness (QED) is 0.898. The summed E-state index contributed by atoms with van der Waals surface area (Å²) in [5.41, 5.74) is 1.77. The molecule has 1 aliphatic rings.